The van der Waals surface area contributed by atoms with E-state index in [4.69, 9.17) is 9.84 Å². The van der Waals surface area contributed by atoms with Gasteiger partial charge in [-0.05, 0) is 20.3 Å². The number of amides is 1. The number of ether oxygens (including phenoxy) is 1. The molecule has 5 nitrogen and oxygen atoms in total. The van der Waals surface area contributed by atoms with E-state index in [-0.39, 0.29) is 24.0 Å². The first kappa shape index (κ1) is 11.4. The first-order valence-corrected chi connectivity index (χ1v) is 5.66. The molecule has 1 N–H and O–H groups in total. The highest BCUT2D eigenvalue weighted by molar-refractivity contribution is 5.89. The minimum Gasteiger partial charge on any atom is -0.481 e. The molecule has 1 aliphatic carbocycles. The Kier molecular flexibility index (Phi) is 2.88. The standard InChI is InChI=1S/C11H17NO4/c1-6-4-12(5-7(2)16-6)10(13)8-3-9(8)11(14)15/h6-9H,3-5H2,1-2H3,(H,14,15)/t6-,7+,8?,9?. The summed E-state index contributed by atoms with van der Waals surface area (Å²) < 4.78 is 5.53. The van der Waals surface area contributed by atoms with Crippen LogP contribution in [0.15, 0.2) is 0 Å². The van der Waals surface area contributed by atoms with Crippen molar-refractivity contribution in [2.24, 2.45) is 11.8 Å². The van der Waals surface area contributed by atoms with E-state index < -0.39 is 11.9 Å². The third-order valence-electron chi connectivity index (χ3n) is 3.16. The third-order valence-corrected chi connectivity index (χ3v) is 3.16. The molecule has 2 fully saturated rings. The van der Waals surface area contributed by atoms with E-state index in [1.165, 1.54) is 0 Å². The second-order valence-corrected chi connectivity index (χ2v) is 4.79. The van der Waals surface area contributed by atoms with E-state index in [0.29, 0.717) is 19.5 Å². The second-order valence-electron chi connectivity index (χ2n) is 4.79. The fraction of sp³-hybridized carbons (Fsp3) is 0.818. The highest BCUT2D eigenvalue weighted by Gasteiger charge is 2.50. The lowest BCUT2D eigenvalue weighted by molar-refractivity contribution is -0.147. The van der Waals surface area contributed by atoms with Gasteiger partial charge in [-0.25, -0.2) is 0 Å². The maximum atomic E-state index is 12.0. The van der Waals surface area contributed by atoms with Crippen LogP contribution < -0.4 is 0 Å². The molecule has 1 saturated carbocycles. The van der Waals surface area contributed by atoms with Gasteiger partial charge in [0.25, 0.3) is 0 Å². The number of hydrogen-bond donors (Lipinski definition) is 1. The van der Waals surface area contributed by atoms with Crippen LogP contribution in [0.2, 0.25) is 0 Å². The number of carbonyl (C=O) groups excluding carboxylic acids is 1. The molecular weight excluding hydrogens is 210 g/mol. The lowest BCUT2D eigenvalue weighted by Crippen LogP contribution is -2.49. The van der Waals surface area contributed by atoms with Crippen LogP contribution >= 0.6 is 0 Å². The van der Waals surface area contributed by atoms with Crippen LogP contribution in [0.3, 0.4) is 0 Å². The van der Waals surface area contributed by atoms with Crippen molar-refractivity contribution in [2.45, 2.75) is 32.5 Å². The molecule has 0 aromatic rings. The van der Waals surface area contributed by atoms with Crippen molar-refractivity contribution in [3.63, 3.8) is 0 Å². The number of carbonyl (C=O) groups is 2. The zero-order valence-corrected chi connectivity index (χ0v) is 9.55. The van der Waals surface area contributed by atoms with Gasteiger partial charge in [-0.3, -0.25) is 9.59 Å². The summed E-state index contributed by atoms with van der Waals surface area (Å²) in [7, 11) is 0. The molecule has 0 radical (unpaired) electrons. The first-order chi connectivity index (χ1) is 7.49. The van der Waals surface area contributed by atoms with Crippen molar-refractivity contribution in [1.29, 1.82) is 0 Å². The number of nitrogens with zero attached hydrogens (tertiary/aromatic N) is 1. The van der Waals surface area contributed by atoms with Crippen LogP contribution in [0.1, 0.15) is 20.3 Å². The summed E-state index contributed by atoms with van der Waals surface area (Å²) in [6.07, 6.45) is 0.568. The molecule has 0 bridgehead atoms. The summed E-state index contributed by atoms with van der Waals surface area (Å²) in [5.41, 5.74) is 0. The summed E-state index contributed by atoms with van der Waals surface area (Å²) in [5.74, 6) is -1.63. The first-order valence-electron chi connectivity index (χ1n) is 5.66. The number of rotatable bonds is 2. The minimum absolute atomic E-state index is 0.0191. The molecule has 1 heterocycles. The number of aliphatic carboxylic acids is 1. The highest BCUT2D eigenvalue weighted by atomic mass is 16.5. The van der Waals surface area contributed by atoms with Crippen LogP contribution in [-0.2, 0) is 14.3 Å². The smallest absolute Gasteiger partial charge is 0.307 e. The van der Waals surface area contributed by atoms with Gasteiger partial charge in [0.2, 0.25) is 5.91 Å². The summed E-state index contributed by atoms with van der Waals surface area (Å²) in [6, 6.07) is 0. The van der Waals surface area contributed by atoms with Gasteiger partial charge < -0.3 is 14.7 Å². The van der Waals surface area contributed by atoms with Gasteiger partial charge in [-0.15, -0.1) is 0 Å². The zero-order valence-electron chi connectivity index (χ0n) is 9.55. The van der Waals surface area contributed by atoms with E-state index in [9.17, 15) is 9.59 Å². The van der Waals surface area contributed by atoms with Crippen molar-refractivity contribution in [3.05, 3.63) is 0 Å². The molecule has 90 valence electrons. The molecule has 16 heavy (non-hydrogen) atoms. The quantitative estimate of drug-likeness (QED) is 0.739. The van der Waals surface area contributed by atoms with Gasteiger partial charge in [0, 0.05) is 13.1 Å². The van der Waals surface area contributed by atoms with Crippen molar-refractivity contribution in [1.82, 2.24) is 4.90 Å². The van der Waals surface area contributed by atoms with Crippen LogP contribution in [0.25, 0.3) is 0 Å². The predicted octanol–water partition coefficient (Wildman–Crippen LogP) is 0.343. The molecule has 5 heteroatoms. The summed E-state index contributed by atoms with van der Waals surface area (Å²) in [6.45, 7) is 5.01. The molecule has 0 aromatic carbocycles. The van der Waals surface area contributed by atoms with Gasteiger partial charge in [0.15, 0.2) is 0 Å². The number of morpholine rings is 1. The fourth-order valence-corrected chi connectivity index (χ4v) is 2.33. The Morgan fingerprint density at radius 3 is 2.19 bits per heavy atom. The average molecular weight is 227 g/mol. The van der Waals surface area contributed by atoms with Crippen molar-refractivity contribution in [2.75, 3.05) is 13.1 Å². The van der Waals surface area contributed by atoms with Gasteiger partial charge >= 0.3 is 5.97 Å². The Hall–Kier alpha value is -1.10. The molecule has 2 aliphatic rings. The minimum atomic E-state index is -0.854. The largest absolute Gasteiger partial charge is 0.481 e. The van der Waals surface area contributed by atoms with E-state index in [1.807, 2.05) is 13.8 Å². The molecule has 1 amide bonds. The molecular formula is C11H17NO4. The van der Waals surface area contributed by atoms with Gasteiger partial charge in [-0.1, -0.05) is 0 Å². The highest BCUT2D eigenvalue weighted by Crippen LogP contribution is 2.40. The van der Waals surface area contributed by atoms with Crippen LogP contribution in [-0.4, -0.2) is 47.2 Å². The van der Waals surface area contributed by atoms with Crippen molar-refractivity contribution >= 4 is 11.9 Å². The van der Waals surface area contributed by atoms with Gasteiger partial charge in [-0.2, -0.15) is 0 Å². The Morgan fingerprint density at radius 1 is 1.19 bits per heavy atom. The van der Waals surface area contributed by atoms with Crippen LogP contribution in [0.4, 0.5) is 0 Å². The third kappa shape index (κ3) is 2.19. The van der Waals surface area contributed by atoms with Crippen LogP contribution in [0.5, 0.6) is 0 Å². The fourth-order valence-electron chi connectivity index (χ4n) is 2.33. The summed E-state index contributed by atoms with van der Waals surface area (Å²) in [5, 5.41) is 8.78. The lowest BCUT2D eigenvalue weighted by Gasteiger charge is -2.35. The Bertz CT molecular complexity index is 307. The van der Waals surface area contributed by atoms with Crippen molar-refractivity contribution < 1.29 is 19.4 Å². The summed E-state index contributed by atoms with van der Waals surface area (Å²) >= 11 is 0. The van der Waals surface area contributed by atoms with Crippen molar-refractivity contribution in [3.8, 4) is 0 Å². The Morgan fingerprint density at radius 2 is 1.75 bits per heavy atom. The normalized spacial score (nSPS) is 38.2. The average Bonchev–Trinajstić information content (AvgIpc) is 2.94. The zero-order chi connectivity index (χ0) is 11.9. The topological polar surface area (TPSA) is 66.8 Å². The molecule has 2 rings (SSSR count). The molecule has 1 aliphatic heterocycles. The summed E-state index contributed by atoms with van der Waals surface area (Å²) in [4.78, 5) is 24.4. The predicted molar refractivity (Wildman–Crippen MR) is 55.8 cm³/mol. The Balaban J connectivity index is 1.93. The van der Waals surface area contributed by atoms with E-state index in [1.54, 1.807) is 4.90 Å². The maximum Gasteiger partial charge on any atom is 0.307 e. The maximum absolute atomic E-state index is 12.0. The number of carboxylic acids is 1. The molecule has 4 atom stereocenters. The Labute approximate surface area is 94.4 Å². The van der Waals surface area contributed by atoms with E-state index in [2.05, 4.69) is 0 Å². The monoisotopic (exact) mass is 227 g/mol. The molecule has 0 aromatic heterocycles. The number of hydrogen-bond acceptors (Lipinski definition) is 3. The molecule has 0 spiro atoms. The van der Waals surface area contributed by atoms with E-state index in [0.717, 1.165) is 0 Å². The molecule has 2 unspecified atom stereocenters. The molecule has 1 saturated heterocycles. The lowest BCUT2D eigenvalue weighted by atomic mass is 10.2. The SMILES string of the molecule is C[C@@H]1CN(C(=O)C2CC2C(=O)O)C[C@H](C)O1. The van der Waals surface area contributed by atoms with Crippen LogP contribution in [0, 0.1) is 11.8 Å². The van der Waals surface area contributed by atoms with Gasteiger partial charge in [0.1, 0.15) is 0 Å². The van der Waals surface area contributed by atoms with E-state index >= 15 is 0 Å². The number of carboxylic acid groups (broad SMARTS) is 1. The second kappa shape index (κ2) is 4.05. The van der Waals surface area contributed by atoms with Gasteiger partial charge in [0.05, 0.1) is 24.0 Å².